The van der Waals surface area contributed by atoms with E-state index in [4.69, 9.17) is 4.74 Å². The molecular weight excluding hydrogens is 202 g/mol. The highest BCUT2D eigenvalue weighted by atomic mass is 16.5. The first kappa shape index (κ1) is 11.1. The number of ether oxygens (including phenoxy) is 1. The van der Waals surface area contributed by atoms with Gasteiger partial charge in [-0.05, 0) is 37.0 Å². The molecule has 0 saturated carbocycles. The summed E-state index contributed by atoms with van der Waals surface area (Å²) < 4.78 is 5.46. The van der Waals surface area contributed by atoms with Crippen molar-refractivity contribution in [1.82, 2.24) is 4.98 Å². The van der Waals surface area contributed by atoms with Crippen LogP contribution >= 0.6 is 0 Å². The first-order valence-electron chi connectivity index (χ1n) is 5.77. The molecule has 2 heterocycles. The fraction of sp³-hybridized carbons (Fsp3) is 0.462. The highest BCUT2D eigenvalue weighted by Gasteiger charge is 2.20. The third-order valence-electron chi connectivity index (χ3n) is 2.80. The Morgan fingerprint density at radius 3 is 3.12 bits per heavy atom. The minimum absolute atomic E-state index is 0.652. The lowest BCUT2D eigenvalue weighted by molar-refractivity contribution is 0.0889. The van der Waals surface area contributed by atoms with E-state index in [1.54, 1.807) is 6.20 Å². The largest absolute Gasteiger partial charge is 0.495 e. The number of rotatable bonds is 3. The van der Waals surface area contributed by atoms with Crippen LogP contribution in [0, 0.1) is 0 Å². The molecule has 0 bridgehead atoms. The predicted octanol–water partition coefficient (Wildman–Crippen LogP) is 2.37. The van der Waals surface area contributed by atoms with Gasteiger partial charge in [-0.25, -0.2) is 0 Å². The van der Waals surface area contributed by atoms with Crippen molar-refractivity contribution in [2.24, 2.45) is 0 Å². The molecule has 0 amide bonds. The molecule has 0 aliphatic carbocycles. The van der Waals surface area contributed by atoms with E-state index >= 15 is 0 Å². The maximum absolute atomic E-state index is 10.2. The van der Waals surface area contributed by atoms with Crippen LogP contribution in [0.25, 0.3) is 0 Å². The summed E-state index contributed by atoms with van der Waals surface area (Å²) >= 11 is 0. The van der Waals surface area contributed by atoms with E-state index < -0.39 is 6.10 Å². The van der Waals surface area contributed by atoms with Gasteiger partial charge in [0, 0.05) is 6.20 Å². The van der Waals surface area contributed by atoms with Crippen LogP contribution in [0.1, 0.15) is 37.1 Å². The van der Waals surface area contributed by atoms with E-state index in [9.17, 15) is 5.11 Å². The molecule has 86 valence electrons. The molecule has 1 aromatic heterocycles. The Hall–Kier alpha value is -1.35. The summed E-state index contributed by atoms with van der Waals surface area (Å²) in [4.78, 5) is 4.25. The van der Waals surface area contributed by atoms with E-state index in [2.05, 4.69) is 11.9 Å². The summed E-state index contributed by atoms with van der Waals surface area (Å²) in [5.74, 6) is 0.652. The Morgan fingerprint density at radius 1 is 1.56 bits per heavy atom. The minimum atomic E-state index is -0.712. The first-order chi connectivity index (χ1) is 7.83. The van der Waals surface area contributed by atoms with Crippen LogP contribution in [0.4, 0.5) is 0 Å². The number of allylic oxidation sites excluding steroid dienone is 1. The quantitative estimate of drug-likeness (QED) is 0.848. The maximum atomic E-state index is 10.2. The van der Waals surface area contributed by atoms with Crippen LogP contribution in [0.2, 0.25) is 0 Å². The molecule has 1 N–H and O–H groups in total. The maximum Gasteiger partial charge on any atom is 0.153 e. The van der Waals surface area contributed by atoms with E-state index in [1.165, 1.54) is 0 Å². The normalized spacial score (nSPS) is 17.5. The van der Waals surface area contributed by atoms with Gasteiger partial charge in [-0.3, -0.25) is 4.98 Å². The molecule has 1 atom stereocenters. The van der Waals surface area contributed by atoms with Crippen LogP contribution in [0.15, 0.2) is 30.2 Å². The molecule has 3 nitrogen and oxygen atoms in total. The first-order valence-corrected chi connectivity index (χ1v) is 5.77. The third kappa shape index (κ3) is 2.25. The standard InChI is InChI=1S/C13H17NO2/c1-2-10-6-5-8-14-12(10)13(15)11-7-3-4-9-16-11/h5-8,13,15H,2-4,9H2,1H3. The van der Waals surface area contributed by atoms with Gasteiger partial charge in [0.25, 0.3) is 0 Å². The van der Waals surface area contributed by atoms with Crippen LogP contribution in [-0.2, 0) is 11.2 Å². The second-order valence-electron chi connectivity index (χ2n) is 3.90. The number of hydrogen-bond donors (Lipinski definition) is 1. The summed E-state index contributed by atoms with van der Waals surface area (Å²) in [7, 11) is 0. The molecule has 0 saturated heterocycles. The Morgan fingerprint density at radius 2 is 2.44 bits per heavy atom. The number of aromatic nitrogens is 1. The number of hydrogen-bond acceptors (Lipinski definition) is 3. The lowest BCUT2D eigenvalue weighted by Gasteiger charge is -2.20. The van der Waals surface area contributed by atoms with Crippen molar-refractivity contribution < 1.29 is 9.84 Å². The van der Waals surface area contributed by atoms with E-state index in [-0.39, 0.29) is 0 Å². The van der Waals surface area contributed by atoms with Crippen LogP contribution in [0.3, 0.4) is 0 Å². The number of pyridine rings is 1. The third-order valence-corrected chi connectivity index (χ3v) is 2.80. The number of nitrogens with zero attached hydrogens (tertiary/aromatic N) is 1. The van der Waals surface area contributed by atoms with E-state index in [0.29, 0.717) is 12.4 Å². The van der Waals surface area contributed by atoms with Gasteiger partial charge in [0.1, 0.15) is 5.76 Å². The number of aliphatic hydroxyl groups excluding tert-OH is 1. The van der Waals surface area contributed by atoms with Crippen molar-refractivity contribution in [2.75, 3.05) is 6.61 Å². The molecule has 0 fully saturated rings. The van der Waals surface area contributed by atoms with Crippen molar-refractivity contribution >= 4 is 0 Å². The molecule has 3 heteroatoms. The fourth-order valence-corrected chi connectivity index (χ4v) is 1.90. The van der Waals surface area contributed by atoms with Crippen molar-refractivity contribution in [3.8, 4) is 0 Å². The summed E-state index contributed by atoms with van der Waals surface area (Å²) in [6.07, 6.45) is 5.83. The van der Waals surface area contributed by atoms with Crippen molar-refractivity contribution in [1.29, 1.82) is 0 Å². The molecule has 1 aliphatic heterocycles. The average Bonchev–Trinajstić information content (AvgIpc) is 2.39. The topological polar surface area (TPSA) is 42.4 Å². The molecule has 0 spiro atoms. The molecule has 1 aliphatic rings. The lowest BCUT2D eigenvalue weighted by atomic mass is 10.0. The summed E-state index contributed by atoms with van der Waals surface area (Å²) in [5.41, 5.74) is 1.79. The fourth-order valence-electron chi connectivity index (χ4n) is 1.90. The molecular formula is C13H17NO2. The van der Waals surface area contributed by atoms with Gasteiger partial charge in [0.05, 0.1) is 12.3 Å². The number of aryl methyl sites for hydroxylation is 1. The highest BCUT2D eigenvalue weighted by molar-refractivity contribution is 5.26. The van der Waals surface area contributed by atoms with E-state index in [1.807, 2.05) is 18.2 Å². The van der Waals surface area contributed by atoms with Gasteiger partial charge < -0.3 is 9.84 Å². The SMILES string of the molecule is CCc1cccnc1C(O)C1=CCCCO1. The van der Waals surface area contributed by atoms with Crippen LogP contribution in [0.5, 0.6) is 0 Å². The summed E-state index contributed by atoms with van der Waals surface area (Å²) in [6.45, 7) is 2.75. The van der Waals surface area contributed by atoms with Crippen molar-refractivity contribution in [3.05, 3.63) is 41.4 Å². The van der Waals surface area contributed by atoms with Gasteiger partial charge >= 0.3 is 0 Å². The van der Waals surface area contributed by atoms with E-state index in [0.717, 1.165) is 30.5 Å². The number of aliphatic hydroxyl groups is 1. The zero-order valence-electron chi connectivity index (χ0n) is 9.52. The Kier molecular flexibility index (Phi) is 3.57. The van der Waals surface area contributed by atoms with Gasteiger partial charge in [0.15, 0.2) is 6.10 Å². The zero-order valence-corrected chi connectivity index (χ0v) is 9.52. The van der Waals surface area contributed by atoms with Gasteiger partial charge in [-0.15, -0.1) is 0 Å². The molecule has 1 unspecified atom stereocenters. The second kappa shape index (κ2) is 5.12. The molecule has 0 radical (unpaired) electrons. The summed E-state index contributed by atoms with van der Waals surface area (Å²) in [5, 5.41) is 10.2. The predicted molar refractivity (Wildman–Crippen MR) is 61.8 cm³/mol. The molecule has 0 aromatic carbocycles. The van der Waals surface area contributed by atoms with Gasteiger partial charge in [-0.2, -0.15) is 0 Å². The van der Waals surface area contributed by atoms with Gasteiger partial charge in [-0.1, -0.05) is 13.0 Å². The van der Waals surface area contributed by atoms with Crippen molar-refractivity contribution in [2.45, 2.75) is 32.3 Å². The van der Waals surface area contributed by atoms with Crippen LogP contribution < -0.4 is 0 Å². The van der Waals surface area contributed by atoms with Crippen molar-refractivity contribution in [3.63, 3.8) is 0 Å². The zero-order chi connectivity index (χ0) is 11.4. The Balaban J connectivity index is 2.25. The summed E-state index contributed by atoms with van der Waals surface area (Å²) in [6, 6.07) is 3.89. The minimum Gasteiger partial charge on any atom is -0.495 e. The lowest BCUT2D eigenvalue weighted by Crippen LogP contribution is -2.12. The van der Waals surface area contributed by atoms with Gasteiger partial charge in [0.2, 0.25) is 0 Å². The molecule has 1 aromatic rings. The average molecular weight is 219 g/mol. The Labute approximate surface area is 95.8 Å². The second-order valence-corrected chi connectivity index (χ2v) is 3.90. The highest BCUT2D eigenvalue weighted by Crippen LogP contribution is 2.26. The Bertz CT molecular complexity index is 387. The molecule has 2 rings (SSSR count). The smallest absolute Gasteiger partial charge is 0.153 e. The molecule has 16 heavy (non-hydrogen) atoms. The van der Waals surface area contributed by atoms with Crippen LogP contribution in [-0.4, -0.2) is 16.7 Å². The monoisotopic (exact) mass is 219 g/mol.